The summed E-state index contributed by atoms with van der Waals surface area (Å²) in [5, 5.41) is 8.17. The topological polar surface area (TPSA) is 53.1 Å². The van der Waals surface area contributed by atoms with Gasteiger partial charge in [-0.05, 0) is 24.2 Å². The fourth-order valence-corrected chi connectivity index (χ4v) is 1.90. The molecule has 0 aliphatic rings. The molecule has 94 valence electrons. The van der Waals surface area contributed by atoms with Crippen molar-refractivity contribution in [3.8, 4) is 0 Å². The van der Waals surface area contributed by atoms with Crippen molar-refractivity contribution in [1.82, 2.24) is 4.90 Å². The van der Waals surface area contributed by atoms with E-state index < -0.39 is 0 Å². The number of nitrogens with zero attached hydrogens (tertiary/aromatic N) is 1. The highest BCUT2D eigenvalue weighted by atomic mass is 35.5. The third-order valence-corrected chi connectivity index (χ3v) is 3.04. The smallest absolute Gasteiger partial charge is 0.0947 e. The molecule has 1 unspecified atom stereocenters. The zero-order valence-corrected chi connectivity index (χ0v) is 11.2. The lowest BCUT2D eigenvalue weighted by Crippen LogP contribution is -2.34. The minimum Gasteiger partial charge on any atom is -0.387 e. The maximum Gasteiger partial charge on any atom is 0.0947 e. The number of benzene rings is 1. The largest absolute Gasteiger partial charge is 0.387 e. The predicted molar refractivity (Wildman–Crippen MR) is 73.5 cm³/mol. The van der Waals surface area contributed by atoms with Crippen LogP contribution in [-0.2, 0) is 6.54 Å². The van der Waals surface area contributed by atoms with Crippen LogP contribution < -0.4 is 5.73 Å². The molecule has 3 N–H and O–H groups in total. The summed E-state index contributed by atoms with van der Waals surface area (Å²) in [6.45, 7) is 6.66. The van der Waals surface area contributed by atoms with E-state index in [4.69, 9.17) is 22.7 Å². The number of rotatable bonds is 6. The minimum absolute atomic E-state index is 0.0918. The van der Waals surface area contributed by atoms with Crippen LogP contribution in [0.4, 0.5) is 0 Å². The minimum atomic E-state index is 0.0918. The summed E-state index contributed by atoms with van der Waals surface area (Å²) >= 11 is 5.96. The molecule has 0 radical (unpaired) electrons. The monoisotopic (exact) mass is 253 g/mol. The van der Waals surface area contributed by atoms with Gasteiger partial charge >= 0.3 is 0 Å². The van der Waals surface area contributed by atoms with Crippen molar-refractivity contribution in [1.29, 1.82) is 5.41 Å². The van der Waals surface area contributed by atoms with Crippen LogP contribution in [0, 0.1) is 11.3 Å². The normalized spacial score (nSPS) is 12.7. The van der Waals surface area contributed by atoms with E-state index in [1.165, 1.54) is 5.56 Å². The van der Waals surface area contributed by atoms with Crippen molar-refractivity contribution in [2.24, 2.45) is 11.7 Å². The molecule has 1 aromatic carbocycles. The molecule has 0 bridgehead atoms. The summed E-state index contributed by atoms with van der Waals surface area (Å²) in [7, 11) is 0. The highest BCUT2D eigenvalue weighted by Crippen LogP contribution is 2.13. The fraction of sp³-hybridized carbons (Fsp3) is 0.462. The van der Waals surface area contributed by atoms with Crippen molar-refractivity contribution in [2.75, 3.05) is 13.1 Å². The van der Waals surface area contributed by atoms with Crippen LogP contribution in [-0.4, -0.2) is 23.8 Å². The molecule has 0 saturated carbocycles. The average molecular weight is 254 g/mol. The lowest BCUT2D eigenvalue weighted by molar-refractivity contribution is 0.263. The Balaban J connectivity index is 2.61. The molecular formula is C13H20ClN3. The molecule has 0 amide bonds. The van der Waals surface area contributed by atoms with Gasteiger partial charge in [-0.15, -0.1) is 0 Å². The van der Waals surface area contributed by atoms with Gasteiger partial charge in [0.15, 0.2) is 0 Å². The van der Waals surface area contributed by atoms with Gasteiger partial charge in [-0.2, -0.15) is 0 Å². The zero-order chi connectivity index (χ0) is 12.8. The van der Waals surface area contributed by atoms with Gasteiger partial charge in [-0.25, -0.2) is 0 Å². The summed E-state index contributed by atoms with van der Waals surface area (Å²) in [6.07, 6.45) is 0. The molecule has 3 nitrogen and oxygen atoms in total. The molecule has 4 heteroatoms. The quantitative estimate of drug-likeness (QED) is 0.605. The van der Waals surface area contributed by atoms with Crippen molar-refractivity contribution in [3.63, 3.8) is 0 Å². The second-order valence-electron chi connectivity index (χ2n) is 4.31. The third kappa shape index (κ3) is 4.75. The SMILES string of the molecule is CCN(Cc1cccc(Cl)c1)CC(C)C(=N)N. The van der Waals surface area contributed by atoms with Gasteiger partial charge in [-0.3, -0.25) is 10.3 Å². The molecule has 1 aromatic rings. The molecule has 0 aliphatic carbocycles. The molecule has 1 atom stereocenters. The molecular weight excluding hydrogens is 234 g/mol. The first-order chi connectivity index (χ1) is 8.02. The maximum absolute atomic E-state index is 7.41. The summed E-state index contributed by atoms with van der Waals surface area (Å²) in [4.78, 5) is 2.26. The van der Waals surface area contributed by atoms with Crippen LogP contribution in [0.15, 0.2) is 24.3 Å². The van der Waals surface area contributed by atoms with Crippen LogP contribution >= 0.6 is 11.6 Å². The van der Waals surface area contributed by atoms with Gasteiger partial charge in [0.2, 0.25) is 0 Å². The van der Waals surface area contributed by atoms with Crippen molar-refractivity contribution < 1.29 is 0 Å². The van der Waals surface area contributed by atoms with Crippen molar-refractivity contribution in [2.45, 2.75) is 20.4 Å². The Morgan fingerprint density at radius 2 is 2.24 bits per heavy atom. The first-order valence-electron chi connectivity index (χ1n) is 5.83. The summed E-state index contributed by atoms with van der Waals surface area (Å²) in [6, 6.07) is 7.87. The van der Waals surface area contributed by atoms with E-state index in [0.717, 1.165) is 24.7 Å². The van der Waals surface area contributed by atoms with Crippen molar-refractivity contribution in [3.05, 3.63) is 34.9 Å². The molecule has 17 heavy (non-hydrogen) atoms. The summed E-state index contributed by atoms with van der Waals surface area (Å²) in [5.41, 5.74) is 6.68. The molecule has 0 aromatic heterocycles. The number of nitrogens with two attached hydrogens (primary N) is 1. The van der Waals surface area contributed by atoms with Gasteiger partial charge in [0.25, 0.3) is 0 Å². The third-order valence-electron chi connectivity index (χ3n) is 2.81. The van der Waals surface area contributed by atoms with E-state index in [-0.39, 0.29) is 11.8 Å². The molecule has 0 saturated heterocycles. The van der Waals surface area contributed by atoms with E-state index in [9.17, 15) is 0 Å². The Morgan fingerprint density at radius 3 is 2.76 bits per heavy atom. The molecule has 0 spiro atoms. The van der Waals surface area contributed by atoms with Gasteiger partial charge in [0.05, 0.1) is 5.84 Å². The van der Waals surface area contributed by atoms with E-state index in [0.29, 0.717) is 0 Å². The number of hydrogen-bond acceptors (Lipinski definition) is 2. The van der Waals surface area contributed by atoms with Gasteiger partial charge in [-0.1, -0.05) is 37.6 Å². The van der Waals surface area contributed by atoms with E-state index in [1.807, 2.05) is 25.1 Å². The van der Waals surface area contributed by atoms with E-state index in [1.54, 1.807) is 0 Å². The van der Waals surface area contributed by atoms with Gasteiger partial charge in [0, 0.05) is 24.0 Å². The Labute approximate surface area is 108 Å². The Kier molecular flexibility index (Phi) is 5.45. The highest BCUT2D eigenvalue weighted by Gasteiger charge is 2.11. The average Bonchev–Trinajstić information content (AvgIpc) is 2.27. The number of halogens is 1. The van der Waals surface area contributed by atoms with Crippen LogP contribution in [0.5, 0.6) is 0 Å². The number of amidine groups is 1. The maximum atomic E-state index is 7.41. The standard InChI is InChI=1S/C13H20ClN3/c1-3-17(8-10(2)13(15)16)9-11-5-4-6-12(14)7-11/h4-7,10H,3,8-9H2,1-2H3,(H3,15,16). The first kappa shape index (κ1) is 14.0. The summed E-state index contributed by atoms with van der Waals surface area (Å²) < 4.78 is 0. The van der Waals surface area contributed by atoms with Crippen LogP contribution in [0.25, 0.3) is 0 Å². The first-order valence-corrected chi connectivity index (χ1v) is 6.21. The van der Waals surface area contributed by atoms with Crippen molar-refractivity contribution >= 4 is 17.4 Å². The lowest BCUT2D eigenvalue weighted by Gasteiger charge is -2.23. The molecule has 0 aliphatic heterocycles. The van der Waals surface area contributed by atoms with Gasteiger partial charge in [0.1, 0.15) is 0 Å². The Hall–Kier alpha value is -1.06. The predicted octanol–water partition coefficient (Wildman–Crippen LogP) is 2.73. The number of hydrogen-bond donors (Lipinski definition) is 2. The Morgan fingerprint density at radius 1 is 1.53 bits per heavy atom. The highest BCUT2D eigenvalue weighted by molar-refractivity contribution is 6.30. The zero-order valence-electron chi connectivity index (χ0n) is 10.4. The second kappa shape index (κ2) is 6.62. The lowest BCUT2D eigenvalue weighted by atomic mass is 10.1. The Bertz CT molecular complexity index is 379. The fourth-order valence-electron chi connectivity index (χ4n) is 1.68. The van der Waals surface area contributed by atoms with E-state index >= 15 is 0 Å². The van der Waals surface area contributed by atoms with Crippen LogP contribution in [0.2, 0.25) is 5.02 Å². The second-order valence-corrected chi connectivity index (χ2v) is 4.75. The van der Waals surface area contributed by atoms with E-state index in [2.05, 4.69) is 17.9 Å². The summed E-state index contributed by atoms with van der Waals surface area (Å²) in [5.74, 6) is 0.337. The number of nitrogens with one attached hydrogen (secondary N) is 1. The molecule has 1 rings (SSSR count). The molecule has 0 fully saturated rings. The van der Waals surface area contributed by atoms with Gasteiger partial charge < -0.3 is 5.73 Å². The van der Waals surface area contributed by atoms with Crippen LogP contribution in [0.1, 0.15) is 19.4 Å². The van der Waals surface area contributed by atoms with Crippen LogP contribution in [0.3, 0.4) is 0 Å². The molecule has 0 heterocycles.